The van der Waals surface area contributed by atoms with Gasteiger partial charge in [-0.3, -0.25) is 0 Å². The number of hydrogen-bond acceptors (Lipinski definition) is 5. The smallest absolute Gasteiger partial charge is 0.123 e. The third-order valence-electron chi connectivity index (χ3n) is 3.72. The summed E-state index contributed by atoms with van der Waals surface area (Å²) in [5.74, 6) is 0.810. The van der Waals surface area contributed by atoms with Crippen LogP contribution in [0.2, 0.25) is 0 Å². The van der Waals surface area contributed by atoms with Gasteiger partial charge >= 0.3 is 0 Å². The van der Waals surface area contributed by atoms with E-state index in [0.29, 0.717) is 18.8 Å². The molecule has 0 bridgehead atoms. The van der Waals surface area contributed by atoms with Crippen molar-refractivity contribution in [1.82, 2.24) is 5.32 Å². The molecule has 0 aliphatic carbocycles. The highest BCUT2D eigenvalue weighted by molar-refractivity contribution is 7.19. The van der Waals surface area contributed by atoms with Crippen LogP contribution in [0.3, 0.4) is 0 Å². The molecule has 0 fully saturated rings. The van der Waals surface area contributed by atoms with Gasteiger partial charge in [0.25, 0.3) is 0 Å². The Labute approximate surface area is 139 Å². The van der Waals surface area contributed by atoms with E-state index in [4.69, 9.17) is 4.74 Å². The van der Waals surface area contributed by atoms with E-state index in [9.17, 15) is 10.2 Å². The van der Waals surface area contributed by atoms with E-state index in [1.165, 1.54) is 4.70 Å². The summed E-state index contributed by atoms with van der Waals surface area (Å²) in [6.07, 6.45) is -0.562. The Morgan fingerprint density at radius 3 is 2.74 bits per heavy atom. The van der Waals surface area contributed by atoms with E-state index >= 15 is 0 Å². The summed E-state index contributed by atoms with van der Waals surface area (Å²) in [6.45, 7) is 0.913. The fourth-order valence-corrected chi connectivity index (χ4v) is 3.48. The molecule has 3 N–H and O–H groups in total. The van der Waals surface area contributed by atoms with E-state index < -0.39 is 6.10 Å². The van der Waals surface area contributed by atoms with Crippen LogP contribution < -0.4 is 10.1 Å². The number of thiophene rings is 1. The van der Waals surface area contributed by atoms with Gasteiger partial charge in [0.05, 0.1) is 7.11 Å². The summed E-state index contributed by atoms with van der Waals surface area (Å²) in [4.78, 5) is 0.942. The number of benzene rings is 2. The van der Waals surface area contributed by atoms with Gasteiger partial charge in [-0.05, 0) is 23.6 Å². The maximum Gasteiger partial charge on any atom is 0.123 e. The summed E-state index contributed by atoms with van der Waals surface area (Å²) < 4.78 is 6.24. The minimum atomic E-state index is -0.562. The molecule has 0 aliphatic rings. The summed E-state index contributed by atoms with van der Waals surface area (Å²) in [6, 6.07) is 15.3. The number of aromatic hydroxyl groups is 1. The van der Waals surface area contributed by atoms with Gasteiger partial charge in [-0.15, -0.1) is 11.3 Å². The van der Waals surface area contributed by atoms with Crippen LogP contribution in [0.25, 0.3) is 10.1 Å². The van der Waals surface area contributed by atoms with Crippen LogP contribution in [0, 0.1) is 0 Å². The minimum absolute atomic E-state index is 0.188. The first-order valence-electron chi connectivity index (χ1n) is 7.40. The molecular formula is C18H19NO3S. The third-order valence-corrected chi connectivity index (χ3v) is 4.94. The highest BCUT2D eigenvalue weighted by atomic mass is 32.1. The summed E-state index contributed by atoms with van der Waals surface area (Å²) in [7, 11) is 1.56. The zero-order valence-corrected chi connectivity index (χ0v) is 13.6. The van der Waals surface area contributed by atoms with E-state index in [-0.39, 0.29) is 5.75 Å². The molecule has 3 rings (SSSR count). The normalized spacial score (nSPS) is 12.4. The Kier molecular flexibility index (Phi) is 4.81. The van der Waals surface area contributed by atoms with Crippen LogP contribution in [0.5, 0.6) is 11.5 Å². The molecule has 23 heavy (non-hydrogen) atoms. The lowest BCUT2D eigenvalue weighted by atomic mass is 10.2. The number of hydrogen-bond donors (Lipinski definition) is 3. The van der Waals surface area contributed by atoms with Crippen molar-refractivity contribution in [3.63, 3.8) is 0 Å². The molecule has 1 aromatic heterocycles. The molecular weight excluding hydrogens is 310 g/mol. The fraction of sp³-hybridized carbons (Fsp3) is 0.222. The zero-order valence-electron chi connectivity index (χ0n) is 12.8. The standard InChI is InChI=1S/C18H19NO3S/c1-22-14-7-6-13(15(20)9-14)10-19-11-16(21)18-8-12-4-2-3-5-17(12)23-18/h2-9,16,19-21H,10-11H2,1H3. The van der Waals surface area contributed by atoms with Gasteiger partial charge in [0.2, 0.25) is 0 Å². The molecule has 4 nitrogen and oxygen atoms in total. The molecule has 0 spiro atoms. The topological polar surface area (TPSA) is 61.7 Å². The second kappa shape index (κ2) is 7.00. The van der Waals surface area contributed by atoms with Crippen molar-refractivity contribution >= 4 is 21.4 Å². The Morgan fingerprint density at radius 2 is 2.00 bits per heavy atom. The van der Waals surface area contributed by atoms with Gasteiger partial charge in [0, 0.05) is 34.3 Å². The predicted molar refractivity (Wildman–Crippen MR) is 93.2 cm³/mol. The van der Waals surface area contributed by atoms with Gasteiger partial charge in [0.1, 0.15) is 17.6 Å². The molecule has 3 aromatic rings. The maximum absolute atomic E-state index is 10.3. The number of aliphatic hydroxyl groups is 1. The van der Waals surface area contributed by atoms with Gasteiger partial charge in [-0.2, -0.15) is 0 Å². The quantitative estimate of drug-likeness (QED) is 0.648. The maximum atomic E-state index is 10.3. The SMILES string of the molecule is COc1ccc(CNCC(O)c2cc3ccccc3s2)c(O)c1. The van der Waals surface area contributed by atoms with E-state index in [1.54, 1.807) is 30.6 Å². The van der Waals surface area contributed by atoms with Crippen molar-refractivity contribution in [3.05, 3.63) is 59.0 Å². The number of phenolic OH excluding ortho intramolecular Hbond substituents is 1. The predicted octanol–water partition coefficient (Wildman–Crippen LogP) is 3.44. The highest BCUT2D eigenvalue weighted by Crippen LogP contribution is 2.29. The van der Waals surface area contributed by atoms with Crippen molar-refractivity contribution in [2.24, 2.45) is 0 Å². The zero-order chi connectivity index (χ0) is 16.2. The average molecular weight is 329 g/mol. The first-order valence-corrected chi connectivity index (χ1v) is 8.22. The molecule has 2 aromatic carbocycles. The van der Waals surface area contributed by atoms with Crippen LogP contribution in [0.15, 0.2) is 48.5 Å². The molecule has 1 unspecified atom stereocenters. The second-order valence-electron chi connectivity index (χ2n) is 5.33. The summed E-state index contributed by atoms with van der Waals surface area (Å²) in [5.41, 5.74) is 0.773. The minimum Gasteiger partial charge on any atom is -0.507 e. The number of methoxy groups -OCH3 is 1. The van der Waals surface area contributed by atoms with Crippen LogP contribution in [-0.2, 0) is 6.54 Å². The Balaban J connectivity index is 1.59. The fourth-order valence-electron chi connectivity index (χ4n) is 2.43. The number of phenols is 1. The van der Waals surface area contributed by atoms with Crippen LogP contribution >= 0.6 is 11.3 Å². The van der Waals surface area contributed by atoms with E-state index in [0.717, 1.165) is 15.8 Å². The van der Waals surface area contributed by atoms with Crippen molar-refractivity contribution in [2.45, 2.75) is 12.6 Å². The van der Waals surface area contributed by atoms with Crippen LogP contribution in [0.4, 0.5) is 0 Å². The molecule has 0 aliphatic heterocycles. The second-order valence-corrected chi connectivity index (χ2v) is 6.44. The van der Waals surface area contributed by atoms with Gasteiger partial charge in [-0.25, -0.2) is 0 Å². The average Bonchev–Trinajstić information content (AvgIpc) is 3.00. The van der Waals surface area contributed by atoms with Crippen molar-refractivity contribution in [1.29, 1.82) is 0 Å². The molecule has 1 heterocycles. The van der Waals surface area contributed by atoms with Crippen molar-refractivity contribution in [3.8, 4) is 11.5 Å². The third kappa shape index (κ3) is 3.64. The summed E-state index contributed by atoms with van der Waals surface area (Å²) >= 11 is 1.60. The van der Waals surface area contributed by atoms with E-state index in [1.807, 2.05) is 30.3 Å². The van der Waals surface area contributed by atoms with E-state index in [2.05, 4.69) is 11.4 Å². The Morgan fingerprint density at radius 1 is 1.17 bits per heavy atom. The van der Waals surface area contributed by atoms with Crippen LogP contribution in [-0.4, -0.2) is 23.9 Å². The highest BCUT2D eigenvalue weighted by Gasteiger charge is 2.11. The molecule has 1 atom stereocenters. The van der Waals surface area contributed by atoms with Crippen LogP contribution in [0.1, 0.15) is 16.5 Å². The monoisotopic (exact) mass is 329 g/mol. The molecule has 0 saturated heterocycles. The number of ether oxygens (including phenoxy) is 1. The largest absolute Gasteiger partial charge is 0.507 e. The molecule has 5 heteroatoms. The number of nitrogens with one attached hydrogen (secondary N) is 1. The lowest BCUT2D eigenvalue weighted by Gasteiger charge is -2.11. The van der Waals surface area contributed by atoms with Crippen molar-refractivity contribution in [2.75, 3.05) is 13.7 Å². The Hall–Kier alpha value is -2.08. The number of aliphatic hydroxyl groups excluding tert-OH is 1. The lowest BCUT2D eigenvalue weighted by molar-refractivity contribution is 0.178. The first kappa shape index (κ1) is 15.8. The molecule has 0 radical (unpaired) electrons. The molecule has 120 valence electrons. The van der Waals surface area contributed by atoms with Gasteiger partial charge < -0.3 is 20.3 Å². The summed E-state index contributed by atoms with van der Waals surface area (Å²) in [5, 5.41) is 24.6. The Bertz CT molecular complexity index is 767. The molecule has 0 amide bonds. The number of rotatable bonds is 6. The van der Waals surface area contributed by atoms with Crippen molar-refractivity contribution < 1.29 is 14.9 Å². The van der Waals surface area contributed by atoms with Gasteiger partial charge in [0.15, 0.2) is 0 Å². The lowest BCUT2D eigenvalue weighted by Crippen LogP contribution is -2.20. The number of fused-ring (bicyclic) bond motifs is 1. The van der Waals surface area contributed by atoms with Gasteiger partial charge in [-0.1, -0.05) is 24.3 Å². The molecule has 0 saturated carbocycles. The first-order chi connectivity index (χ1) is 11.2.